The van der Waals surface area contributed by atoms with Crippen molar-refractivity contribution in [3.8, 4) is 0 Å². The molecule has 0 unspecified atom stereocenters. The second-order valence-corrected chi connectivity index (χ2v) is 7.52. The summed E-state index contributed by atoms with van der Waals surface area (Å²) in [4.78, 5) is 25.2. The molecule has 0 spiro atoms. The first-order valence-electron chi connectivity index (χ1n) is 8.85. The molecule has 0 saturated heterocycles. The first kappa shape index (κ1) is 20.2. The van der Waals surface area contributed by atoms with Crippen LogP contribution in [0, 0.1) is 11.6 Å². The standard InChI is InChI=1S/C21H20F2N4O2/c1-21(2,3)18-11-19(26-25-18)24-20(29)13-5-4-6-16(7-13)27(12-28)17-9-14(22)8-15(23)10-17/h4-12H,1-3H3,(H2,24,25,26,29). The number of nitrogens with zero attached hydrogens (tertiary/aromatic N) is 2. The minimum absolute atomic E-state index is 0.0113. The summed E-state index contributed by atoms with van der Waals surface area (Å²) in [6.07, 6.45) is 0.425. The van der Waals surface area contributed by atoms with Crippen molar-refractivity contribution >= 4 is 29.5 Å². The van der Waals surface area contributed by atoms with Gasteiger partial charge in [-0.15, -0.1) is 0 Å². The molecule has 0 bridgehead atoms. The molecule has 0 radical (unpaired) electrons. The SMILES string of the molecule is CC(C)(C)c1cc(NC(=O)c2cccc(N(C=O)c3cc(F)cc(F)c3)c2)n[nH]1. The molecule has 2 amide bonds. The Morgan fingerprint density at radius 2 is 1.76 bits per heavy atom. The first-order chi connectivity index (χ1) is 13.7. The molecule has 0 aliphatic heterocycles. The van der Waals surface area contributed by atoms with Crippen molar-refractivity contribution in [2.45, 2.75) is 26.2 Å². The predicted molar refractivity (Wildman–Crippen MR) is 106 cm³/mol. The van der Waals surface area contributed by atoms with E-state index in [1.807, 2.05) is 20.8 Å². The zero-order valence-corrected chi connectivity index (χ0v) is 16.2. The van der Waals surface area contributed by atoms with E-state index in [1.165, 1.54) is 6.07 Å². The minimum atomic E-state index is -0.811. The third kappa shape index (κ3) is 4.66. The van der Waals surface area contributed by atoms with Crippen molar-refractivity contribution < 1.29 is 18.4 Å². The number of anilines is 3. The smallest absolute Gasteiger partial charge is 0.256 e. The molecule has 1 aromatic heterocycles. The van der Waals surface area contributed by atoms with E-state index in [2.05, 4.69) is 15.5 Å². The van der Waals surface area contributed by atoms with Crippen LogP contribution in [0.15, 0.2) is 48.5 Å². The lowest BCUT2D eigenvalue weighted by atomic mass is 9.92. The van der Waals surface area contributed by atoms with Crippen LogP contribution >= 0.6 is 0 Å². The van der Waals surface area contributed by atoms with Gasteiger partial charge in [0, 0.05) is 34.5 Å². The molecular weight excluding hydrogens is 378 g/mol. The first-order valence-corrected chi connectivity index (χ1v) is 8.85. The molecule has 6 nitrogen and oxygen atoms in total. The van der Waals surface area contributed by atoms with Gasteiger partial charge in [-0.2, -0.15) is 5.10 Å². The number of amides is 2. The van der Waals surface area contributed by atoms with Crippen LogP contribution in [0.2, 0.25) is 0 Å². The maximum Gasteiger partial charge on any atom is 0.256 e. The van der Waals surface area contributed by atoms with Crippen molar-refractivity contribution in [1.82, 2.24) is 10.2 Å². The van der Waals surface area contributed by atoms with Crippen LogP contribution in [0.5, 0.6) is 0 Å². The molecule has 0 atom stereocenters. The Morgan fingerprint density at radius 3 is 2.34 bits per heavy atom. The van der Waals surface area contributed by atoms with E-state index >= 15 is 0 Å². The van der Waals surface area contributed by atoms with Gasteiger partial charge in [0.05, 0.1) is 5.69 Å². The third-order valence-electron chi connectivity index (χ3n) is 4.24. The maximum atomic E-state index is 13.5. The van der Waals surface area contributed by atoms with E-state index in [-0.39, 0.29) is 22.4 Å². The van der Waals surface area contributed by atoms with Gasteiger partial charge in [0.25, 0.3) is 5.91 Å². The van der Waals surface area contributed by atoms with Crippen molar-refractivity contribution in [2.75, 3.05) is 10.2 Å². The van der Waals surface area contributed by atoms with Gasteiger partial charge >= 0.3 is 0 Å². The molecule has 2 aromatic carbocycles. The summed E-state index contributed by atoms with van der Waals surface area (Å²) in [6, 6.07) is 10.7. The van der Waals surface area contributed by atoms with Crippen LogP contribution in [-0.4, -0.2) is 22.5 Å². The molecule has 0 saturated carbocycles. The normalized spacial score (nSPS) is 11.2. The molecule has 2 N–H and O–H groups in total. The second-order valence-electron chi connectivity index (χ2n) is 7.52. The largest absolute Gasteiger partial charge is 0.305 e. The quantitative estimate of drug-likeness (QED) is 0.620. The number of halogens is 2. The third-order valence-corrected chi connectivity index (χ3v) is 4.24. The van der Waals surface area contributed by atoms with Gasteiger partial charge in [0.2, 0.25) is 6.41 Å². The lowest BCUT2D eigenvalue weighted by Gasteiger charge is -2.18. The Labute approximate surface area is 166 Å². The van der Waals surface area contributed by atoms with E-state index < -0.39 is 17.5 Å². The maximum absolute atomic E-state index is 13.5. The van der Waals surface area contributed by atoms with Gasteiger partial charge in [-0.25, -0.2) is 8.78 Å². The minimum Gasteiger partial charge on any atom is -0.305 e. The Bertz CT molecular complexity index is 1040. The molecule has 8 heteroatoms. The highest BCUT2D eigenvalue weighted by molar-refractivity contribution is 6.05. The second kappa shape index (κ2) is 7.83. The number of benzene rings is 2. The van der Waals surface area contributed by atoms with E-state index in [0.29, 0.717) is 18.3 Å². The summed E-state index contributed by atoms with van der Waals surface area (Å²) in [5.41, 5.74) is 1.27. The average molecular weight is 398 g/mol. The fraction of sp³-hybridized carbons (Fsp3) is 0.190. The van der Waals surface area contributed by atoms with Crippen LogP contribution < -0.4 is 10.2 Å². The zero-order chi connectivity index (χ0) is 21.2. The van der Waals surface area contributed by atoms with Crippen LogP contribution in [-0.2, 0) is 10.2 Å². The lowest BCUT2D eigenvalue weighted by Crippen LogP contribution is -2.17. The van der Waals surface area contributed by atoms with Crippen LogP contribution in [0.4, 0.5) is 26.0 Å². The van der Waals surface area contributed by atoms with Gasteiger partial charge in [-0.05, 0) is 30.3 Å². The van der Waals surface area contributed by atoms with E-state index in [4.69, 9.17) is 0 Å². The highest BCUT2D eigenvalue weighted by Gasteiger charge is 2.18. The highest BCUT2D eigenvalue weighted by Crippen LogP contribution is 2.27. The Morgan fingerprint density at radius 1 is 1.07 bits per heavy atom. The number of carbonyl (C=O) groups excluding carboxylic acids is 2. The van der Waals surface area contributed by atoms with Gasteiger partial charge < -0.3 is 5.32 Å². The molecule has 1 heterocycles. The van der Waals surface area contributed by atoms with Crippen LogP contribution in [0.1, 0.15) is 36.8 Å². The summed E-state index contributed by atoms with van der Waals surface area (Å²) in [5, 5.41) is 9.65. The number of hydrogen-bond donors (Lipinski definition) is 2. The molecule has 29 heavy (non-hydrogen) atoms. The van der Waals surface area contributed by atoms with Crippen molar-refractivity contribution in [2.24, 2.45) is 0 Å². The van der Waals surface area contributed by atoms with Gasteiger partial charge in [0.1, 0.15) is 11.6 Å². The van der Waals surface area contributed by atoms with E-state index in [1.54, 1.807) is 24.3 Å². The molecule has 150 valence electrons. The van der Waals surface area contributed by atoms with Crippen molar-refractivity contribution in [3.63, 3.8) is 0 Å². The van der Waals surface area contributed by atoms with Crippen molar-refractivity contribution in [3.05, 3.63) is 71.4 Å². The van der Waals surface area contributed by atoms with E-state index in [9.17, 15) is 18.4 Å². The van der Waals surface area contributed by atoms with Crippen molar-refractivity contribution in [1.29, 1.82) is 0 Å². The number of hydrogen-bond acceptors (Lipinski definition) is 3. The highest BCUT2D eigenvalue weighted by atomic mass is 19.1. The summed E-state index contributed by atoms with van der Waals surface area (Å²) < 4.78 is 27.0. The summed E-state index contributed by atoms with van der Waals surface area (Å²) in [6.45, 7) is 6.04. The number of rotatable bonds is 5. The topological polar surface area (TPSA) is 78.1 Å². The lowest BCUT2D eigenvalue weighted by molar-refractivity contribution is -0.106. The molecule has 0 aliphatic carbocycles. The zero-order valence-electron chi connectivity index (χ0n) is 16.2. The van der Waals surface area contributed by atoms with Gasteiger partial charge in [0.15, 0.2) is 5.82 Å². The summed E-state index contributed by atoms with van der Waals surface area (Å²) in [7, 11) is 0. The number of aromatic nitrogens is 2. The molecular formula is C21H20F2N4O2. The van der Waals surface area contributed by atoms with Crippen LogP contribution in [0.25, 0.3) is 0 Å². The Hall–Kier alpha value is -3.55. The molecule has 0 fully saturated rings. The monoisotopic (exact) mass is 398 g/mol. The van der Waals surface area contributed by atoms with Gasteiger partial charge in [-0.3, -0.25) is 19.6 Å². The number of aromatic amines is 1. The molecule has 3 rings (SSSR count). The summed E-state index contributed by atoms with van der Waals surface area (Å²) in [5.74, 6) is -1.69. The number of carbonyl (C=O) groups is 2. The Balaban J connectivity index is 1.85. The van der Waals surface area contributed by atoms with Gasteiger partial charge in [-0.1, -0.05) is 26.8 Å². The number of H-pyrrole nitrogens is 1. The Kier molecular flexibility index (Phi) is 5.45. The molecule has 0 aliphatic rings. The average Bonchev–Trinajstić information content (AvgIpc) is 3.11. The van der Waals surface area contributed by atoms with E-state index in [0.717, 1.165) is 22.7 Å². The number of nitrogens with one attached hydrogen (secondary N) is 2. The predicted octanol–water partition coefficient (Wildman–Crippen LogP) is 4.53. The fourth-order valence-electron chi connectivity index (χ4n) is 2.70. The fourth-order valence-corrected chi connectivity index (χ4v) is 2.70. The van der Waals surface area contributed by atoms with Crippen LogP contribution in [0.3, 0.4) is 0 Å². The molecule has 3 aromatic rings. The summed E-state index contributed by atoms with van der Waals surface area (Å²) >= 11 is 0.